The van der Waals surface area contributed by atoms with Crippen LogP contribution in [0.4, 0.5) is 0 Å². The summed E-state index contributed by atoms with van der Waals surface area (Å²) in [6.07, 6.45) is 3.99. The molecule has 0 saturated carbocycles. The van der Waals surface area contributed by atoms with Crippen molar-refractivity contribution < 1.29 is 9.53 Å². The van der Waals surface area contributed by atoms with Gasteiger partial charge in [0, 0.05) is 51.1 Å². The van der Waals surface area contributed by atoms with E-state index in [1.54, 1.807) is 13.4 Å². The Balaban J connectivity index is 0.00000242. The standard InChI is InChI=1S/C15H26N4O2.2ClH/c1-11(2)13-8-19(7-12-6-16-10-17-12)9-14(13)18-15(20)4-5-21-3;;/h6,10-11,13-14H,4-5,7-9H2,1-3H3,(H,16,17)(H,18,20);2*1H/t13-,14+;;/m1../s1. The van der Waals surface area contributed by atoms with Crippen LogP contribution in [0.15, 0.2) is 12.5 Å². The number of carbonyl (C=O) groups excluding carboxylic acids is 1. The zero-order chi connectivity index (χ0) is 15.2. The second-order valence-electron chi connectivity index (χ2n) is 6.10. The van der Waals surface area contributed by atoms with Crippen LogP contribution in [0.3, 0.4) is 0 Å². The third-order valence-electron chi connectivity index (χ3n) is 4.13. The molecule has 0 unspecified atom stereocenters. The van der Waals surface area contributed by atoms with Crippen LogP contribution in [-0.4, -0.2) is 53.6 Å². The molecule has 1 aliphatic heterocycles. The minimum atomic E-state index is 0. The molecule has 2 atom stereocenters. The van der Waals surface area contributed by atoms with Gasteiger partial charge in [-0.15, -0.1) is 24.8 Å². The summed E-state index contributed by atoms with van der Waals surface area (Å²) in [7, 11) is 1.62. The van der Waals surface area contributed by atoms with E-state index in [4.69, 9.17) is 4.74 Å². The molecule has 1 aliphatic rings. The largest absolute Gasteiger partial charge is 0.384 e. The van der Waals surface area contributed by atoms with Crippen molar-refractivity contribution in [2.75, 3.05) is 26.8 Å². The van der Waals surface area contributed by atoms with Crippen molar-refractivity contribution in [3.63, 3.8) is 0 Å². The molecule has 0 aromatic carbocycles. The number of nitrogens with zero attached hydrogens (tertiary/aromatic N) is 2. The minimum absolute atomic E-state index is 0. The smallest absolute Gasteiger partial charge is 0.222 e. The lowest BCUT2D eigenvalue weighted by Crippen LogP contribution is -2.42. The van der Waals surface area contributed by atoms with Gasteiger partial charge in [-0.3, -0.25) is 9.69 Å². The minimum Gasteiger partial charge on any atom is -0.384 e. The molecule has 2 rings (SSSR count). The van der Waals surface area contributed by atoms with Gasteiger partial charge in [0.25, 0.3) is 0 Å². The number of imidazole rings is 1. The van der Waals surface area contributed by atoms with E-state index >= 15 is 0 Å². The van der Waals surface area contributed by atoms with E-state index in [0.717, 1.165) is 25.3 Å². The number of nitrogens with one attached hydrogen (secondary N) is 2. The highest BCUT2D eigenvalue weighted by molar-refractivity contribution is 5.85. The van der Waals surface area contributed by atoms with E-state index in [0.29, 0.717) is 24.9 Å². The van der Waals surface area contributed by atoms with Crippen molar-refractivity contribution >= 4 is 30.7 Å². The van der Waals surface area contributed by atoms with Crippen LogP contribution in [0, 0.1) is 11.8 Å². The first-order valence-electron chi connectivity index (χ1n) is 7.58. The summed E-state index contributed by atoms with van der Waals surface area (Å²) in [5, 5.41) is 3.17. The van der Waals surface area contributed by atoms with Gasteiger partial charge < -0.3 is 15.0 Å². The quantitative estimate of drug-likeness (QED) is 0.772. The van der Waals surface area contributed by atoms with Gasteiger partial charge in [0.2, 0.25) is 5.91 Å². The lowest BCUT2D eigenvalue weighted by molar-refractivity contribution is -0.122. The molecule has 1 aromatic heterocycles. The number of likely N-dealkylation sites (tertiary alicyclic amines) is 1. The number of H-pyrrole nitrogens is 1. The molecule has 0 spiro atoms. The van der Waals surface area contributed by atoms with Gasteiger partial charge >= 0.3 is 0 Å². The van der Waals surface area contributed by atoms with Crippen LogP contribution in [0.1, 0.15) is 26.0 Å². The van der Waals surface area contributed by atoms with E-state index in [9.17, 15) is 4.79 Å². The lowest BCUT2D eigenvalue weighted by atomic mass is 9.91. The summed E-state index contributed by atoms with van der Waals surface area (Å²) >= 11 is 0. The van der Waals surface area contributed by atoms with E-state index < -0.39 is 0 Å². The predicted molar refractivity (Wildman–Crippen MR) is 95.1 cm³/mol. The van der Waals surface area contributed by atoms with Crippen molar-refractivity contribution in [1.29, 1.82) is 0 Å². The first kappa shape index (κ1) is 22.2. The zero-order valence-electron chi connectivity index (χ0n) is 13.9. The molecule has 0 radical (unpaired) electrons. The maximum atomic E-state index is 11.9. The molecule has 1 fully saturated rings. The monoisotopic (exact) mass is 366 g/mol. The Hall–Kier alpha value is -0.820. The molecular weight excluding hydrogens is 339 g/mol. The number of carbonyl (C=O) groups is 1. The van der Waals surface area contributed by atoms with Crippen LogP contribution in [0.2, 0.25) is 0 Å². The third kappa shape index (κ3) is 6.67. The molecule has 134 valence electrons. The normalized spacial score (nSPS) is 20.9. The molecule has 0 aliphatic carbocycles. The van der Waals surface area contributed by atoms with E-state index in [1.165, 1.54) is 0 Å². The summed E-state index contributed by atoms with van der Waals surface area (Å²) < 4.78 is 4.96. The Morgan fingerprint density at radius 2 is 2.22 bits per heavy atom. The lowest BCUT2D eigenvalue weighted by Gasteiger charge is -2.22. The molecule has 2 heterocycles. The zero-order valence-corrected chi connectivity index (χ0v) is 15.6. The van der Waals surface area contributed by atoms with Crippen molar-refractivity contribution in [2.24, 2.45) is 11.8 Å². The number of amides is 1. The van der Waals surface area contributed by atoms with Gasteiger partial charge in [-0.2, -0.15) is 0 Å². The van der Waals surface area contributed by atoms with Crippen LogP contribution in [0.25, 0.3) is 0 Å². The highest BCUT2D eigenvalue weighted by Gasteiger charge is 2.35. The van der Waals surface area contributed by atoms with Crippen molar-refractivity contribution in [3.05, 3.63) is 18.2 Å². The molecular formula is C15H28Cl2N4O2. The SMILES string of the molecule is COCCC(=O)N[C@H]1CN(Cc2cnc[nH]2)C[C@@H]1C(C)C.Cl.Cl. The van der Waals surface area contributed by atoms with Crippen LogP contribution >= 0.6 is 24.8 Å². The summed E-state index contributed by atoms with van der Waals surface area (Å²) in [5.74, 6) is 1.11. The fourth-order valence-electron chi connectivity index (χ4n) is 2.96. The van der Waals surface area contributed by atoms with Gasteiger partial charge in [0.1, 0.15) is 0 Å². The maximum absolute atomic E-state index is 11.9. The molecule has 1 saturated heterocycles. The van der Waals surface area contributed by atoms with E-state index in [1.807, 2.05) is 6.20 Å². The number of rotatable bonds is 7. The molecule has 23 heavy (non-hydrogen) atoms. The van der Waals surface area contributed by atoms with Gasteiger partial charge in [-0.25, -0.2) is 4.98 Å². The van der Waals surface area contributed by atoms with Gasteiger partial charge in [-0.1, -0.05) is 13.8 Å². The Kier molecular flexibility index (Phi) is 10.5. The van der Waals surface area contributed by atoms with E-state index in [-0.39, 0.29) is 36.8 Å². The number of aromatic amines is 1. The number of hydrogen-bond donors (Lipinski definition) is 2. The maximum Gasteiger partial charge on any atom is 0.222 e. The molecule has 8 heteroatoms. The number of aromatic nitrogens is 2. The number of hydrogen-bond acceptors (Lipinski definition) is 4. The van der Waals surface area contributed by atoms with E-state index in [2.05, 4.69) is 34.0 Å². The fourth-order valence-corrected chi connectivity index (χ4v) is 2.96. The second-order valence-corrected chi connectivity index (χ2v) is 6.10. The number of ether oxygens (including phenoxy) is 1. The highest BCUT2D eigenvalue weighted by atomic mass is 35.5. The summed E-state index contributed by atoms with van der Waals surface area (Å²) in [6, 6.07) is 0.220. The van der Waals surface area contributed by atoms with Gasteiger partial charge in [0.15, 0.2) is 0 Å². The Bertz CT molecular complexity index is 443. The first-order chi connectivity index (χ1) is 10.1. The predicted octanol–water partition coefficient (Wildman–Crippen LogP) is 1.86. The molecule has 6 nitrogen and oxygen atoms in total. The molecule has 1 amide bonds. The van der Waals surface area contributed by atoms with Crippen molar-refractivity contribution in [3.8, 4) is 0 Å². The van der Waals surface area contributed by atoms with Crippen LogP contribution < -0.4 is 5.32 Å². The number of halogens is 2. The Morgan fingerprint density at radius 1 is 1.48 bits per heavy atom. The summed E-state index contributed by atoms with van der Waals surface area (Å²) in [6.45, 7) is 7.67. The van der Waals surface area contributed by atoms with Crippen molar-refractivity contribution in [1.82, 2.24) is 20.2 Å². The van der Waals surface area contributed by atoms with Gasteiger partial charge in [-0.05, 0) is 11.8 Å². The fraction of sp³-hybridized carbons (Fsp3) is 0.733. The van der Waals surface area contributed by atoms with Gasteiger partial charge in [0.05, 0.1) is 12.9 Å². The molecule has 0 bridgehead atoms. The summed E-state index contributed by atoms with van der Waals surface area (Å²) in [5.41, 5.74) is 1.11. The topological polar surface area (TPSA) is 70.2 Å². The van der Waals surface area contributed by atoms with Crippen LogP contribution in [-0.2, 0) is 16.1 Å². The second kappa shape index (κ2) is 10.9. The van der Waals surface area contributed by atoms with Crippen molar-refractivity contribution in [2.45, 2.75) is 32.9 Å². The average molecular weight is 367 g/mol. The van der Waals surface area contributed by atoms with Crippen LogP contribution in [0.5, 0.6) is 0 Å². The third-order valence-corrected chi connectivity index (χ3v) is 4.13. The average Bonchev–Trinajstić information content (AvgIpc) is 3.07. The molecule has 2 N–H and O–H groups in total. The number of methoxy groups -OCH3 is 1. The summed E-state index contributed by atoms with van der Waals surface area (Å²) in [4.78, 5) is 21.5. The first-order valence-corrected chi connectivity index (χ1v) is 7.58. The Labute approximate surface area is 150 Å². The Morgan fingerprint density at radius 3 is 2.78 bits per heavy atom. The molecule has 1 aromatic rings. The highest BCUT2D eigenvalue weighted by Crippen LogP contribution is 2.25.